The minimum absolute atomic E-state index is 0.102. The predicted octanol–water partition coefficient (Wildman–Crippen LogP) is 1.57. The average Bonchev–Trinajstić information content (AvgIpc) is 3.23. The van der Waals surface area contributed by atoms with Gasteiger partial charge in [-0.1, -0.05) is 36.4 Å². The van der Waals surface area contributed by atoms with Gasteiger partial charge in [0.2, 0.25) is 17.7 Å². The SMILES string of the molecule is O=C(CSC1NC(=O)CC(CC(=O)NCc2cccs2)N1)NCc1ccccc1. The van der Waals surface area contributed by atoms with Gasteiger partial charge in [0.05, 0.1) is 12.3 Å². The fourth-order valence-electron chi connectivity index (χ4n) is 2.87. The molecule has 2 unspecified atom stereocenters. The van der Waals surface area contributed by atoms with Crippen LogP contribution in [0, 0.1) is 0 Å². The predicted molar refractivity (Wildman–Crippen MR) is 115 cm³/mol. The van der Waals surface area contributed by atoms with Gasteiger partial charge in [-0.15, -0.1) is 23.1 Å². The van der Waals surface area contributed by atoms with Crippen LogP contribution in [0.2, 0.25) is 0 Å². The van der Waals surface area contributed by atoms with E-state index >= 15 is 0 Å². The van der Waals surface area contributed by atoms with Crippen molar-refractivity contribution in [2.45, 2.75) is 37.5 Å². The molecule has 1 aliphatic rings. The minimum Gasteiger partial charge on any atom is -0.351 e. The second kappa shape index (κ2) is 11.0. The monoisotopic (exact) mass is 432 g/mol. The second-order valence-electron chi connectivity index (χ2n) is 6.65. The first kappa shape index (κ1) is 21.4. The van der Waals surface area contributed by atoms with Gasteiger partial charge in [0.25, 0.3) is 0 Å². The Kier molecular flexibility index (Phi) is 8.09. The lowest BCUT2D eigenvalue weighted by atomic mass is 10.1. The molecule has 0 radical (unpaired) electrons. The molecule has 1 fully saturated rings. The molecular formula is C20H24N4O3S2. The molecule has 2 atom stereocenters. The Bertz CT molecular complexity index is 814. The third kappa shape index (κ3) is 7.52. The van der Waals surface area contributed by atoms with E-state index in [1.165, 1.54) is 11.8 Å². The lowest BCUT2D eigenvalue weighted by Crippen LogP contribution is -2.56. The Labute approximate surface area is 178 Å². The number of amides is 3. The Hall–Kier alpha value is -2.36. The van der Waals surface area contributed by atoms with Crippen LogP contribution >= 0.6 is 23.1 Å². The number of benzene rings is 1. The summed E-state index contributed by atoms with van der Waals surface area (Å²) in [5, 5.41) is 13.7. The maximum atomic E-state index is 12.2. The van der Waals surface area contributed by atoms with Crippen molar-refractivity contribution in [1.82, 2.24) is 21.3 Å². The molecule has 154 valence electrons. The number of carbonyl (C=O) groups is 3. The Balaban J connectivity index is 1.37. The second-order valence-corrected chi connectivity index (χ2v) is 8.77. The van der Waals surface area contributed by atoms with E-state index in [-0.39, 0.29) is 42.4 Å². The maximum absolute atomic E-state index is 12.2. The first-order valence-electron chi connectivity index (χ1n) is 9.35. The van der Waals surface area contributed by atoms with E-state index in [4.69, 9.17) is 0 Å². The molecule has 2 heterocycles. The Morgan fingerprint density at radius 3 is 2.62 bits per heavy atom. The van der Waals surface area contributed by atoms with Crippen LogP contribution in [0.4, 0.5) is 0 Å². The van der Waals surface area contributed by atoms with Crippen LogP contribution < -0.4 is 21.3 Å². The summed E-state index contributed by atoms with van der Waals surface area (Å²) < 4.78 is 0. The molecule has 0 bridgehead atoms. The summed E-state index contributed by atoms with van der Waals surface area (Å²) in [6.07, 6.45) is 0.458. The highest BCUT2D eigenvalue weighted by Gasteiger charge is 2.28. The topological polar surface area (TPSA) is 99.3 Å². The van der Waals surface area contributed by atoms with Crippen molar-refractivity contribution in [3.8, 4) is 0 Å². The van der Waals surface area contributed by atoms with E-state index in [9.17, 15) is 14.4 Å². The summed E-state index contributed by atoms with van der Waals surface area (Å²) in [6.45, 7) is 0.965. The normalized spacial score (nSPS) is 18.7. The number of rotatable bonds is 9. The molecule has 1 aromatic heterocycles. The molecule has 3 amide bonds. The Morgan fingerprint density at radius 1 is 1.07 bits per heavy atom. The van der Waals surface area contributed by atoms with Gasteiger partial charge in [-0.25, -0.2) is 0 Å². The van der Waals surface area contributed by atoms with Gasteiger partial charge in [-0.05, 0) is 17.0 Å². The highest BCUT2D eigenvalue weighted by Crippen LogP contribution is 2.14. The summed E-state index contributed by atoms with van der Waals surface area (Å²) in [5.74, 6) is -0.120. The first-order valence-corrected chi connectivity index (χ1v) is 11.3. The van der Waals surface area contributed by atoms with Gasteiger partial charge in [0.1, 0.15) is 5.50 Å². The maximum Gasteiger partial charge on any atom is 0.230 e. The van der Waals surface area contributed by atoms with Gasteiger partial charge < -0.3 is 16.0 Å². The number of thiophene rings is 1. The zero-order valence-electron chi connectivity index (χ0n) is 15.9. The average molecular weight is 433 g/mol. The van der Waals surface area contributed by atoms with Crippen LogP contribution in [0.5, 0.6) is 0 Å². The fourth-order valence-corrected chi connectivity index (χ4v) is 4.43. The van der Waals surface area contributed by atoms with E-state index in [1.54, 1.807) is 11.3 Å². The van der Waals surface area contributed by atoms with Crippen LogP contribution in [-0.4, -0.2) is 35.0 Å². The standard InChI is InChI=1S/C20H24N4O3S2/c25-17(22-12-16-7-4-8-28-16)9-15-10-18(26)24-20(23-15)29-13-19(27)21-11-14-5-2-1-3-6-14/h1-8,15,20,23H,9-13H2,(H,21,27)(H,22,25)(H,24,26). The summed E-state index contributed by atoms with van der Waals surface area (Å²) in [5.41, 5.74) is 0.636. The number of nitrogens with one attached hydrogen (secondary N) is 4. The summed E-state index contributed by atoms with van der Waals surface area (Å²) >= 11 is 2.89. The molecule has 3 rings (SSSR count). The molecule has 0 spiro atoms. The van der Waals surface area contributed by atoms with Gasteiger partial charge in [-0.2, -0.15) is 0 Å². The van der Waals surface area contributed by atoms with E-state index in [1.807, 2.05) is 47.8 Å². The number of carbonyl (C=O) groups excluding carboxylic acids is 3. The summed E-state index contributed by atoms with van der Waals surface area (Å²) in [6, 6.07) is 13.3. The van der Waals surface area contributed by atoms with Crippen LogP contribution in [0.15, 0.2) is 47.8 Å². The zero-order chi connectivity index (χ0) is 20.5. The molecule has 1 aliphatic heterocycles. The summed E-state index contributed by atoms with van der Waals surface area (Å²) in [7, 11) is 0. The third-order valence-corrected chi connectivity index (χ3v) is 6.19. The molecule has 1 saturated heterocycles. The zero-order valence-corrected chi connectivity index (χ0v) is 17.5. The molecule has 29 heavy (non-hydrogen) atoms. The van der Waals surface area contributed by atoms with Gasteiger partial charge in [-0.3, -0.25) is 19.7 Å². The molecule has 0 saturated carbocycles. The number of thioether (sulfide) groups is 1. The van der Waals surface area contributed by atoms with Gasteiger partial charge in [0, 0.05) is 30.3 Å². The molecule has 2 aromatic rings. The molecular weight excluding hydrogens is 408 g/mol. The van der Waals surface area contributed by atoms with Crippen molar-refractivity contribution >= 4 is 40.8 Å². The third-order valence-electron chi connectivity index (χ3n) is 4.30. The van der Waals surface area contributed by atoms with Crippen molar-refractivity contribution in [2.24, 2.45) is 0 Å². The van der Waals surface area contributed by atoms with Crippen molar-refractivity contribution in [3.05, 3.63) is 58.3 Å². The Morgan fingerprint density at radius 2 is 1.86 bits per heavy atom. The minimum atomic E-state index is -0.395. The lowest BCUT2D eigenvalue weighted by Gasteiger charge is -2.30. The lowest BCUT2D eigenvalue weighted by molar-refractivity contribution is -0.125. The highest BCUT2D eigenvalue weighted by atomic mass is 32.2. The molecule has 9 heteroatoms. The van der Waals surface area contributed by atoms with Crippen molar-refractivity contribution < 1.29 is 14.4 Å². The molecule has 7 nitrogen and oxygen atoms in total. The number of hydrogen-bond donors (Lipinski definition) is 4. The largest absolute Gasteiger partial charge is 0.351 e. The smallest absolute Gasteiger partial charge is 0.230 e. The summed E-state index contributed by atoms with van der Waals surface area (Å²) in [4.78, 5) is 37.3. The van der Waals surface area contributed by atoms with Gasteiger partial charge in [0.15, 0.2) is 0 Å². The first-order chi connectivity index (χ1) is 14.1. The van der Waals surface area contributed by atoms with Crippen molar-refractivity contribution in [3.63, 3.8) is 0 Å². The molecule has 4 N–H and O–H groups in total. The van der Waals surface area contributed by atoms with E-state index in [0.29, 0.717) is 13.1 Å². The van der Waals surface area contributed by atoms with Crippen LogP contribution in [0.1, 0.15) is 23.3 Å². The molecule has 0 aliphatic carbocycles. The van der Waals surface area contributed by atoms with E-state index in [2.05, 4.69) is 21.3 Å². The van der Waals surface area contributed by atoms with Crippen LogP contribution in [0.25, 0.3) is 0 Å². The van der Waals surface area contributed by atoms with E-state index < -0.39 is 5.50 Å². The van der Waals surface area contributed by atoms with Crippen molar-refractivity contribution in [2.75, 3.05) is 5.75 Å². The van der Waals surface area contributed by atoms with E-state index in [0.717, 1.165) is 10.4 Å². The van der Waals surface area contributed by atoms with Gasteiger partial charge >= 0.3 is 0 Å². The van der Waals surface area contributed by atoms with Crippen molar-refractivity contribution in [1.29, 1.82) is 0 Å². The highest BCUT2D eigenvalue weighted by molar-refractivity contribution is 8.00. The van der Waals surface area contributed by atoms with Crippen LogP contribution in [0.3, 0.4) is 0 Å². The van der Waals surface area contributed by atoms with Crippen LogP contribution in [-0.2, 0) is 27.5 Å². The number of hydrogen-bond acceptors (Lipinski definition) is 6. The quantitative estimate of drug-likeness (QED) is 0.482. The fraction of sp³-hybridized carbons (Fsp3) is 0.350. The molecule has 1 aromatic carbocycles.